The molecule has 0 aliphatic carbocycles. The number of aromatic nitrogens is 1. The molecule has 0 aliphatic heterocycles. The molecule has 1 rings (SSSR count). The highest BCUT2D eigenvalue weighted by molar-refractivity contribution is 9.10. The zero-order valence-corrected chi connectivity index (χ0v) is 8.68. The van der Waals surface area contributed by atoms with E-state index in [-0.39, 0.29) is 5.56 Å². The summed E-state index contributed by atoms with van der Waals surface area (Å²) < 4.78 is 2.34. The highest BCUT2D eigenvalue weighted by atomic mass is 79.9. The van der Waals surface area contributed by atoms with Crippen molar-refractivity contribution in [3.63, 3.8) is 0 Å². The fourth-order valence-corrected chi connectivity index (χ4v) is 1.56. The van der Waals surface area contributed by atoms with Gasteiger partial charge in [0.1, 0.15) is 0 Å². The molecule has 1 heterocycles. The predicted molar refractivity (Wildman–Crippen MR) is 54.1 cm³/mol. The Bertz CT molecular complexity index is 379. The van der Waals surface area contributed by atoms with E-state index in [1.165, 1.54) is 4.57 Å². The molecule has 0 unspecified atom stereocenters. The number of pyridine rings is 1. The first-order chi connectivity index (χ1) is 5.52. The predicted octanol–water partition coefficient (Wildman–Crippen LogP) is 2.18. The minimum absolute atomic E-state index is 0.0214. The van der Waals surface area contributed by atoms with Gasteiger partial charge in [0.15, 0.2) is 0 Å². The van der Waals surface area contributed by atoms with E-state index in [4.69, 9.17) is 0 Å². The van der Waals surface area contributed by atoms with Crippen LogP contribution in [0.2, 0.25) is 0 Å². The Morgan fingerprint density at radius 1 is 1.67 bits per heavy atom. The lowest BCUT2D eigenvalue weighted by molar-refractivity contribution is 0.854. The molecular weight excluding hydrogens is 218 g/mol. The van der Waals surface area contributed by atoms with Crippen LogP contribution in [0.4, 0.5) is 0 Å². The van der Waals surface area contributed by atoms with Crippen LogP contribution in [-0.2, 0) is 7.05 Å². The largest absolute Gasteiger partial charge is 0.318 e. The summed E-state index contributed by atoms with van der Waals surface area (Å²) in [5.74, 6) is 0. The summed E-state index contributed by atoms with van der Waals surface area (Å²) >= 11 is 3.31. The van der Waals surface area contributed by atoms with Gasteiger partial charge < -0.3 is 4.57 Å². The molecule has 0 radical (unpaired) electrons. The molecule has 0 aromatic carbocycles. The maximum atomic E-state index is 11.1. The molecule has 0 amide bonds. The van der Waals surface area contributed by atoms with Gasteiger partial charge in [0.05, 0.1) is 0 Å². The van der Waals surface area contributed by atoms with Crippen molar-refractivity contribution in [3.8, 4) is 0 Å². The van der Waals surface area contributed by atoms with Crippen molar-refractivity contribution in [2.75, 3.05) is 0 Å². The summed E-state index contributed by atoms with van der Waals surface area (Å²) in [6.07, 6.45) is 1.77. The van der Waals surface area contributed by atoms with E-state index in [9.17, 15) is 4.79 Å². The Labute approximate surface area is 79.7 Å². The first-order valence-corrected chi connectivity index (χ1v) is 4.33. The lowest BCUT2D eigenvalue weighted by Gasteiger charge is -2.04. The normalized spacial score (nSPS) is 9.92. The molecule has 64 valence electrons. The second-order valence-corrected chi connectivity index (χ2v) is 3.62. The zero-order valence-electron chi connectivity index (χ0n) is 7.10. The molecule has 3 heteroatoms. The highest BCUT2D eigenvalue weighted by Gasteiger charge is 2.02. The van der Waals surface area contributed by atoms with Crippen molar-refractivity contribution in [3.05, 3.63) is 39.2 Å². The zero-order chi connectivity index (χ0) is 9.30. The standard InChI is InChI=1S/C9H10BrNO/c1-6(2)7-5-11(3)9(12)4-8(7)10/h4-5H,1H2,2-3H3. The Morgan fingerprint density at radius 3 is 2.75 bits per heavy atom. The summed E-state index contributed by atoms with van der Waals surface area (Å²) in [5.41, 5.74) is 1.89. The second-order valence-electron chi connectivity index (χ2n) is 2.76. The van der Waals surface area contributed by atoms with Crippen molar-refractivity contribution in [1.82, 2.24) is 4.57 Å². The molecule has 2 nitrogen and oxygen atoms in total. The van der Waals surface area contributed by atoms with Crippen LogP contribution in [0.15, 0.2) is 28.1 Å². The quantitative estimate of drug-likeness (QED) is 0.722. The molecule has 0 bridgehead atoms. The van der Waals surface area contributed by atoms with Gasteiger partial charge >= 0.3 is 0 Å². The van der Waals surface area contributed by atoms with Crippen molar-refractivity contribution in [2.45, 2.75) is 6.92 Å². The van der Waals surface area contributed by atoms with E-state index in [0.29, 0.717) is 0 Å². The van der Waals surface area contributed by atoms with E-state index in [2.05, 4.69) is 22.5 Å². The maximum absolute atomic E-state index is 11.1. The summed E-state index contributed by atoms with van der Waals surface area (Å²) in [7, 11) is 1.72. The van der Waals surface area contributed by atoms with Crippen molar-refractivity contribution >= 4 is 21.5 Å². The van der Waals surface area contributed by atoms with Crippen LogP contribution in [-0.4, -0.2) is 4.57 Å². The average Bonchev–Trinajstić information content (AvgIpc) is 1.96. The van der Waals surface area contributed by atoms with Gasteiger partial charge in [-0.2, -0.15) is 0 Å². The minimum atomic E-state index is -0.0214. The van der Waals surface area contributed by atoms with E-state index >= 15 is 0 Å². The molecule has 1 aromatic rings. The summed E-state index contributed by atoms with van der Waals surface area (Å²) in [4.78, 5) is 11.1. The SMILES string of the molecule is C=C(C)c1cn(C)c(=O)cc1Br. The smallest absolute Gasteiger partial charge is 0.251 e. The van der Waals surface area contributed by atoms with Crippen LogP contribution >= 0.6 is 15.9 Å². The maximum Gasteiger partial charge on any atom is 0.251 e. The highest BCUT2D eigenvalue weighted by Crippen LogP contribution is 2.20. The third-order valence-corrected chi connectivity index (χ3v) is 2.29. The first kappa shape index (κ1) is 9.26. The monoisotopic (exact) mass is 227 g/mol. The summed E-state index contributed by atoms with van der Waals surface area (Å²) in [6.45, 7) is 5.72. The van der Waals surface area contributed by atoms with Gasteiger partial charge in [-0.3, -0.25) is 4.79 Å². The van der Waals surface area contributed by atoms with Crippen molar-refractivity contribution < 1.29 is 0 Å². The topological polar surface area (TPSA) is 22.0 Å². The van der Waals surface area contributed by atoms with Gasteiger partial charge in [0.2, 0.25) is 0 Å². The number of hydrogen-bond donors (Lipinski definition) is 0. The van der Waals surface area contributed by atoms with Gasteiger partial charge in [-0.15, -0.1) is 0 Å². The number of allylic oxidation sites excluding steroid dienone is 1. The second kappa shape index (κ2) is 3.27. The molecule has 0 atom stereocenters. The molecule has 0 aliphatic rings. The van der Waals surface area contributed by atoms with Crippen LogP contribution in [0.25, 0.3) is 5.57 Å². The van der Waals surface area contributed by atoms with Crippen LogP contribution < -0.4 is 5.56 Å². The first-order valence-electron chi connectivity index (χ1n) is 3.54. The van der Waals surface area contributed by atoms with Crippen molar-refractivity contribution in [2.24, 2.45) is 7.05 Å². The fraction of sp³-hybridized carbons (Fsp3) is 0.222. The molecule has 1 aromatic heterocycles. The Hall–Kier alpha value is -0.830. The summed E-state index contributed by atoms with van der Waals surface area (Å²) in [6, 6.07) is 1.55. The molecule has 0 N–H and O–H groups in total. The van der Waals surface area contributed by atoms with E-state index in [0.717, 1.165) is 15.6 Å². The van der Waals surface area contributed by atoms with Gasteiger partial charge in [0, 0.05) is 29.3 Å². The van der Waals surface area contributed by atoms with Gasteiger partial charge in [-0.25, -0.2) is 0 Å². The molecule has 0 saturated heterocycles. The minimum Gasteiger partial charge on any atom is -0.318 e. The molecule has 0 fully saturated rings. The van der Waals surface area contributed by atoms with E-state index < -0.39 is 0 Å². The fourth-order valence-electron chi connectivity index (χ4n) is 0.921. The Balaban J connectivity index is 3.43. The molecular formula is C9H10BrNO. The van der Waals surface area contributed by atoms with Crippen LogP contribution in [0.3, 0.4) is 0 Å². The summed E-state index contributed by atoms with van der Waals surface area (Å²) in [5, 5.41) is 0. The molecule has 12 heavy (non-hydrogen) atoms. The van der Waals surface area contributed by atoms with Crippen LogP contribution in [0.5, 0.6) is 0 Å². The number of rotatable bonds is 1. The molecule has 0 spiro atoms. The van der Waals surface area contributed by atoms with Gasteiger partial charge in [-0.1, -0.05) is 6.58 Å². The van der Waals surface area contributed by atoms with Crippen LogP contribution in [0.1, 0.15) is 12.5 Å². The van der Waals surface area contributed by atoms with E-state index in [1.54, 1.807) is 19.3 Å². The third kappa shape index (κ3) is 1.67. The number of nitrogens with zero attached hydrogens (tertiary/aromatic N) is 1. The van der Waals surface area contributed by atoms with Crippen LogP contribution in [0, 0.1) is 0 Å². The lowest BCUT2D eigenvalue weighted by Crippen LogP contribution is -2.15. The van der Waals surface area contributed by atoms with Gasteiger partial charge in [-0.05, 0) is 28.4 Å². The lowest BCUT2D eigenvalue weighted by atomic mass is 10.1. The number of hydrogen-bond acceptors (Lipinski definition) is 1. The Kier molecular flexibility index (Phi) is 2.52. The number of halogens is 1. The molecule has 0 saturated carbocycles. The van der Waals surface area contributed by atoms with Crippen molar-refractivity contribution in [1.29, 1.82) is 0 Å². The Morgan fingerprint density at radius 2 is 2.25 bits per heavy atom. The third-order valence-electron chi connectivity index (χ3n) is 1.64. The number of aryl methyl sites for hydroxylation is 1. The average molecular weight is 228 g/mol. The van der Waals surface area contributed by atoms with E-state index in [1.807, 2.05) is 6.92 Å². The van der Waals surface area contributed by atoms with Gasteiger partial charge in [0.25, 0.3) is 5.56 Å².